The number of benzene rings is 1. The minimum absolute atomic E-state index is 0.286. The van der Waals surface area contributed by atoms with Crippen LogP contribution in [0.4, 0.5) is 17.6 Å². The van der Waals surface area contributed by atoms with Crippen LogP contribution in [0.5, 0.6) is 0 Å². The summed E-state index contributed by atoms with van der Waals surface area (Å²) in [6.45, 7) is 3.78. The lowest BCUT2D eigenvalue weighted by Gasteiger charge is -2.24. The zero-order valence-corrected chi connectivity index (χ0v) is 9.95. The van der Waals surface area contributed by atoms with Gasteiger partial charge in [0.05, 0.1) is 5.56 Å². The summed E-state index contributed by atoms with van der Waals surface area (Å²) < 4.78 is 50.3. The highest BCUT2D eigenvalue weighted by molar-refractivity contribution is 5.27. The Hall–Kier alpha value is -1.10. The highest BCUT2D eigenvalue weighted by Crippen LogP contribution is 2.31. The van der Waals surface area contributed by atoms with Crippen molar-refractivity contribution in [2.24, 2.45) is 0 Å². The van der Waals surface area contributed by atoms with Crippen molar-refractivity contribution in [2.45, 2.75) is 32.0 Å². The second-order valence-electron chi connectivity index (χ2n) is 4.62. The standard InChI is InChI=1S/C12H15F4N/c1-11(2,17-3)7-8-4-5-9(10(13)6-8)12(14,15)16/h4-6,17H,7H2,1-3H3. The Morgan fingerprint density at radius 2 is 1.76 bits per heavy atom. The van der Waals surface area contributed by atoms with Gasteiger partial charge in [-0.2, -0.15) is 13.2 Å². The molecule has 1 aromatic carbocycles. The molecule has 1 aromatic rings. The molecule has 1 N–H and O–H groups in total. The van der Waals surface area contributed by atoms with Gasteiger partial charge in [0.15, 0.2) is 0 Å². The van der Waals surface area contributed by atoms with E-state index in [1.165, 1.54) is 6.07 Å². The number of hydrogen-bond donors (Lipinski definition) is 1. The van der Waals surface area contributed by atoms with Crippen molar-refractivity contribution in [1.29, 1.82) is 0 Å². The third-order valence-corrected chi connectivity index (χ3v) is 2.66. The summed E-state index contributed by atoms with van der Waals surface area (Å²) in [4.78, 5) is 0. The van der Waals surface area contributed by atoms with E-state index in [-0.39, 0.29) is 5.54 Å². The maximum atomic E-state index is 13.3. The van der Waals surface area contributed by atoms with Crippen LogP contribution < -0.4 is 5.32 Å². The van der Waals surface area contributed by atoms with Gasteiger partial charge in [0.2, 0.25) is 0 Å². The lowest BCUT2D eigenvalue weighted by Crippen LogP contribution is -2.38. The lowest BCUT2D eigenvalue weighted by molar-refractivity contribution is -0.140. The Balaban J connectivity index is 2.98. The van der Waals surface area contributed by atoms with Crippen LogP contribution >= 0.6 is 0 Å². The van der Waals surface area contributed by atoms with E-state index >= 15 is 0 Å². The Bertz CT molecular complexity index is 396. The molecule has 0 heterocycles. The van der Waals surface area contributed by atoms with Gasteiger partial charge in [-0.1, -0.05) is 6.07 Å². The average Bonchev–Trinajstić information content (AvgIpc) is 2.15. The Kier molecular flexibility index (Phi) is 3.81. The van der Waals surface area contributed by atoms with Crippen LogP contribution in [0.3, 0.4) is 0 Å². The minimum Gasteiger partial charge on any atom is -0.314 e. The number of likely N-dealkylation sites (N-methyl/N-ethyl adjacent to an activating group) is 1. The summed E-state index contributed by atoms with van der Waals surface area (Å²) in [5, 5.41) is 3.01. The van der Waals surface area contributed by atoms with Crippen molar-refractivity contribution in [1.82, 2.24) is 5.32 Å². The van der Waals surface area contributed by atoms with Crippen molar-refractivity contribution in [3.05, 3.63) is 35.1 Å². The molecule has 1 nitrogen and oxygen atoms in total. The highest BCUT2D eigenvalue weighted by Gasteiger charge is 2.34. The first-order valence-electron chi connectivity index (χ1n) is 5.20. The van der Waals surface area contributed by atoms with E-state index in [1.54, 1.807) is 7.05 Å². The van der Waals surface area contributed by atoms with Gasteiger partial charge in [0.1, 0.15) is 5.82 Å². The molecule has 0 saturated carbocycles. The first-order chi connectivity index (χ1) is 7.65. The molecule has 0 spiro atoms. The second-order valence-corrected chi connectivity index (χ2v) is 4.62. The molecule has 0 saturated heterocycles. The molecule has 0 amide bonds. The zero-order valence-electron chi connectivity index (χ0n) is 9.95. The monoisotopic (exact) mass is 249 g/mol. The van der Waals surface area contributed by atoms with Crippen LogP contribution in [0.15, 0.2) is 18.2 Å². The fraction of sp³-hybridized carbons (Fsp3) is 0.500. The smallest absolute Gasteiger partial charge is 0.314 e. The van der Waals surface area contributed by atoms with E-state index in [2.05, 4.69) is 5.32 Å². The number of rotatable bonds is 3. The summed E-state index contributed by atoms with van der Waals surface area (Å²) in [5.41, 5.74) is -0.968. The number of alkyl halides is 3. The minimum atomic E-state index is -4.64. The lowest BCUT2D eigenvalue weighted by atomic mass is 9.94. The van der Waals surface area contributed by atoms with Gasteiger partial charge in [-0.05, 0) is 45.0 Å². The molecule has 17 heavy (non-hydrogen) atoms. The summed E-state index contributed by atoms with van der Waals surface area (Å²) in [5.74, 6) is -1.22. The largest absolute Gasteiger partial charge is 0.419 e. The number of hydrogen-bond acceptors (Lipinski definition) is 1. The molecule has 5 heteroatoms. The number of nitrogens with one attached hydrogen (secondary N) is 1. The predicted molar refractivity (Wildman–Crippen MR) is 58.2 cm³/mol. The Morgan fingerprint density at radius 1 is 1.18 bits per heavy atom. The van der Waals surface area contributed by atoms with E-state index < -0.39 is 17.6 Å². The molecule has 0 aliphatic heterocycles. The van der Waals surface area contributed by atoms with Crippen LogP contribution in [0.25, 0.3) is 0 Å². The molecule has 1 rings (SSSR count). The van der Waals surface area contributed by atoms with Crippen LogP contribution in [0.2, 0.25) is 0 Å². The molecule has 96 valence electrons. The van der Waals surface area contributed by atoms with Gasteiger partial charge in [0.25, 0.3) is 0 Å². The Morgan fingerprint density at radius 3 is 2.18 bits per heavy atom. The SMILES string of the molecule is CNC(C)(C)Cc1ccc(C(F)(F)F)c(F)c1. The molecule has 0 fully saturated rings. The quantitative estimate of drug-likeness (QED) is 0.810. The Labute approximate surface area is 97.8 Å². The van der Waals surface area contributed by atoms with Gasteiger partial charge in [-0.3, -0.25) is 0 Å². The van der Waals surface area contributed by atoms with Crippen LogP contribution in [0, 0.1) is 5.82 Å². The second kappa shape index (κ2) is 4.64. The van der Waals surface area contributed by atoms with Gasteiger partial charge in [0, 0.05) is 5.54 Å². The van der Waals surface area contributed by atoms with E-state index in [9.17, 15) is 17.6 Å². The molecule has 0 bridgehead atoms. The topological polar surface area (TPSA) is 12.0 Å². The van der Waals surface area contributed by atoms with Crippen LogP contribution in [-0.4, -0.2) is 12.6 Å². The maximum absolute atomic E-state index is 13.3. The van der Waals surface area contributed by atoms with Gasteiger partial charge >= 0.3 is 6.18 Å². The molecule has 0 radical (unpaired) electrons. The molecular weight excluding hydrogens is 234 g/mol. The van der Waals surface area contributed by atoms with Crippen molar-refractivity contribution in [3.8, 4) is 0 Å². The van der Waals surface area contributed by atoms with Crippen molar-refractivity contribution in [2.75, 3.05) is 7.05 Å². The summed E-state index contributed by atoms with van der Waals surface area (Å²) in [6.07, 6.45) is -4.18. The first kappa shape index (κ1) is 14.0. The van der Waals surface area contributed by atoms with E-state index in [0.29, 0.717) is 12.0 Å². The molecule has 0 aromatic heterocycles. The van der Waals surface area contributed by atoms with Crippen molar-refractivity contribution < 1.29 is 17.6 Å². The van der Waals surface area contributed by atoms with Gasteiger partial charge in [-0.25, -0.2) is 4.39 Å². The van der Waals surface area contributed by atoms with Crippen LogP contribution in [0.1, 0.15) is 25.0 Å². The summed E-state index contributed by atoms with van der Waals surface area (Å²) >= 11 is 0. The molecule has 0 aliphatic rings. The molecular formula is C12H15F4N. The van der Waals surface area contributed by atoms with Gasteiger partial charge < -0.3 is 5.32 Å². The molecule has 0 aliphatic carbocycles. The van der Waals surface area contributed by atoms with E-state index in [4.69, 9.17) is 0 Å². The highest BCUT2D eigenvalue weighted by atomic mass is 19.4. The van der Waals surface area contributed by atoms with Crippen molar-refractivity contribution >= 4 is 0 Å². The molecule has 0 unspecified atom stereocenters. The average molecular weight is 249 g/mol. The maximum Gasteiger partial charge on any atom is 0.419 e. The van der Waals surface area contributed by atoms with E-state index in [0.717, 1.165) is 12.1 Å². The fourth-order valence-corrected chi connectivity index (χ4v) is 1.50. The number of halogens is 4. The summed E-state index contributed by atoms with van der Waals surface area (Å²) in [6, 6.07) is 3.04. The third-order valence-electron chi connectivity index (χ3n) is 2.66. The molecule has 0 atom stereocenters. The first-order valence-corrected chi connectivity index (χ1v) is 5.20. The van der Waals surface area contributed by atoms with Crippen LogP contribution in [-0.2, 0) is 12.6 Å². The third kappa shape index (κ3) is 3.70. The van der Waals surface area contributed by atoms with Gasteiger partial charge in [-0.15, -0.1) is 0 Å². The predicted octanol–water partition coefficient (Wildman–Crippen LogP) is 3.39. The summed E-state index contributed by atoms with van der Waals surface area (Å²) in [7, 11) is 1.75. The van der Waals surface area contributed by atoms with E-state index in [1.807, 2.05) is 13.8 Å². The normalized spacial score (nSPS) is 12.9. The zero-order chi connectivity index (χ0) is 13.3. The fourth-order valence-electron chi connectivity index (χ4n) is 1.50. The van der Waals surface area contributed by atoms with Crippen molar-refractivity contribution in [3.63, 3.8) is 0 Å².